The van der Waals surface area contributed by atoms with E-state index in [9.17, 15) is 4.79 Å². The molecule has 0 saturated carbocycles. The highest BCUT2D eigenvalue weighted by molar-refractivity contribution is 7.99. The van der Waals surface area contributed by atoms with Gasteiger partial charge in [0, 0.05) is 12.9 Å². The van der Waals surface area contributed by atoms with Crippen LogP contribution in [0, 0.1) is 0 Å². The van der Waals surface area contributed by atoms with Crippen molar-refractivity contribution in [2.75, 3.05) is 18.6 Å². The third-order valence-corrected chi connectivity index (χ3v) is 4.09. The van der Waals surface area contributed by atoms with Gasteiger partial charge >= 0.3 is 5.97 Å². The average molecular weight is 276 g/mol. The van der Waals surface area contributed by atoms with Gasteiger partial charge in [0.15, 0.2) is 6.10 Å². The fourth-order valence-corrected chi connectivity index (χ4v) is 2.84. The summed E-state index contributed by atoms with van der Waals surface area (Å²) in [6.07, 6.45) is 9.88. The van der Waals surface area contributed by atoms with Crippen molar-refractivity contribution < 1.29 is 14.6 Å². The summed E-state index contributed by atoms with van der Waals surface area (Å²) in [7, 11) is 1.45. The van der Waals surface area contributed by atoms with Gasteiger partial charge in [-0.15, -0.1) is 0 Å². The van der Waals surface area contributed by atoms with E-state index in [2.05, 4.69) is 6.92 Å². The average Bonchev–Trinajstić information content (AvgIpc) is 2.35. The smallest absolute Gasteiger partial charge is 0.333 e. The Bertz CT molecular complexity index is 197. The second-order valence-electron chi connectivity index (χ2n) is 4.61. The van der Waals surface area contributed by atoms with Gasteiger partial charge in [-0.2, -0.15) is 11.8 Å². The molecule has 0 radical (unpaired) electrons. The van der Waals surface area contributed by atoms with Gasteiger partial charge in [-0.25, -0.2) is 4.79 Å². The molecule has 0 aromatic heterocycles. The van der Waals surface area contributed by atoms with E-state index in [1.807, 2.05) is 0 Å². The van der Waals surface area contributed by atoms with Crippen LogP contribution in [0.2, 0.25) is 0 Å². The Morgan fingerprint density at radius 2 is 1.67 bits per heavy atom. The monoisotopic (exact) mass is 276 g/mol. The highest BCUT2D eigenvalue weighted by Gasteiger charge is 2.15. The van der Waals surface area contributed by atoms with Crippen molar-refractivity contribution in [2.45, 2.75) is 64.4 Å². The molecular weight excluding hydrogens is 248 g/mol. The first kappa shape index (κ1) is 17.8. The van der Waals surface area contributed by atoms with Crippen molar-refractivity contribution in [1.29, 1.82) is 0 Å². The first-order chi connectivity index (χ1) is 8.72. The number of hydrogen-bond donors (Lipinski definition) is 1. The predicted octanol–water partition coefficient (Wildman–Crippen LogP) is 3.96. The lowest BCUT2D eigenvalue weighted by molar-refractivity contribution is -0.146. The molecule has 0 rings (SSSR count). The number of rotatable bonds is 13. The fourth-order valence-electron chi connectivity index (χ4n) is 1.77. The van der Waals surface area contributed by atoms with Crippen LogP contribution in [0.3, 0.4) is 0 Å². The van der Waals surface area contributed by atoms with Crippen molar-refractivity contribution in [1.82, 2.24) is 0 Å². The molecule has 1 atom stereocenters. The highest BCUT2D eigenvalue weighted by Crippen LogP contribution is 2.12. The molecule has 0 aromatic carbocycles. The Labute approximate surface area is 116 Å². The topological polar surface area (TPSA) is 46.5 Å². The van der Waals surface area contributed by atoms with Crippen LogP contribution < -0.4 is 0 Å². The Morgan fingerprint density at radius 1 is 1.11 bits per heavy atom. The Balaban J connectivity index is 3.18. The highest BCUT2D eigenvalue weighted by atomic mass is 32.2. The summed E-state index contributed by atoms with van der Waals surface area (Å²) in [5.74, 6) is 0.741. The van der Waals surface area contributed by atoms with Gasteiger partial charge in [0.1, 0.15) is 0 Å². The lowest BCUT2D eigenvalue weighted by Crippen LogP contribution is -2.24. The van der Waals surface area contributed by atoms with E-state index in [0.717, 1.165) is 5.75 Å². The number of methoxy groups -OCH3 is 1. The normalized spacial score (nSPS) is 12.6. The third kappa shape index (κ3) is 10.9. The summed E-state index contributed by atoms with van der Waals surface area (Å²) in [6, 6.07) is 0. The second kappa shape index (κ2) is 13.2. The summed E-state index contributed by atoms with van der Waals surface area (Å²) in [6.45, 7) is 2.24. The lowest BCUT2D eigenvalue weighted by atomic mass is 10.1. The zero-order valence-electron chi connectivity index (χ0n) is 11.8. The van der Waals surface area contributed by atoms with Gasteiger partial charge < -0.3 is 9.84 Å². The van der Waals surface area contributed by atoms with Gasteiger partial charge in [-0.1, -0.05) is 51.9 Å². The van der Waals surface area contributed by atoms with Gasteiger partial charge in [0.25, 0.3) is 0 Å². The van der Waals surface area contributed by atoms with Gasteiger partial charge in [-0.3, -0.25) is 0 Å². The zero-order chi connectivity index (χ0) is 13.6. The molecule has 0 bridgehead atoms. The molecule has 0 saturated heterocycles. The Kier molecular flexibility index (Phi) is 13.1. The minimum absolute atomic E-state index is 0.558. The van der Waals surface area contributed by atoms with Crippen LogP contribution in [0.25, 0.3) is 0 Å². The maximum absolute atomic E-state index is 10.7. The first-order valence-electron chi connectivity index (χ1n) is 7.05. The number of unbranched alkanes of at least 4 members (excludes halogenated alkanes) is 7. The molecular formula is C14H28O3S. The standard InChI is InChI=1S/C14H28O3S/c1-3-4-5-6-7-8-9-10-11-18-12-13(17-2)14(15)16/h13H,3-12H2,1-2H3,(H,15,16). The first-order valence-corrected chi connectivity index (χ1v) is 8.21. The second-order valence-corrected chi connectivity index (χ2v) is 5.76. The van der Waals surface area contributed by atoms with Crippen molar-refractivity contribution in [3.63, 3.8) is 0 Å². The maximum Gasteiger partial charge on any atom is 0.333 e. The van der Waals surface area contributed by atoms with E-state index in [-0.39, 0.29) is 0 Å². The van der Waals surface area contributed by atoms with Crippen LogP contribution >= 0.6 is 11.8 Å². The molecule has 0 aliphatic heterocycles. The summed E-state index contributed by atoms with van der Waals surface area (Å²) in [5.41, 5.74) is 0. The molecule has 0 heterocycles. The number of ether oxygens (including phenoxy) is 1. The zero-order valence-corrected chi connectivity index (χ0v) is 12.6. The van der Waals surface area contributed by atoms with Crippen molar-refractivity contribution >= 4 is 17.7 Å². The number of carboxylic acid groups (broad SMARTS) is 1. The number of carboxylic acids is 1. The largest absolute Gasteiger partial charge is 0.479 e. The molecule has 0 aliphatic rings. The van der Waals surface area contributed by atoms with E-state index >= 15 is 0 Å². The van der Waals surface area contributed by atoms with Crippen molar-refractivity contribution in [2.24, 2.45) is 0 Å². The van der Waals surface area contributed by atoms with Crippen LogP contribution in [0.15, 0.2) is 0 Å². The quantitative estimate of drug-likeness (QED) is 0.517. The Hall–Kier alpha value is -0.220. The molecule has 0 amide bonds. The Morgan fingerprint density at radius 3 is 2.17 bits per heavy atom. The van der Waals surface area contributed by atoms with E-state index < -0.39 is 12.1 Å². The van der Waals surface area contributed by atoms with Crippen LogP contribution in [0.4, 0.5) is 0 Å². The predicted molar refractivity (Wildman–Crippen MR) is 78.4 cm³/mol. The molecule has 0 spiro atoms. The van der Waals surface area contributed by atoms with E-state index in [4.69, 9.17) is 9.84 Å². The lowest BCUT2D eigenvalue weighted by Gasteiger charge is -2.09. The molecule has 0 aromatic rings. The molecule has 1 unspecified atom stereocenters. The van der Waals surface area contributed by atoms with E-state index in [1.54, 1.807) is 11.8 Å². The number of aliphatic carboxylic acids is 1. The maximum atomic E-state index is 10.7. The SMILES string of the molecule is CCCCCCCCCCSCC(OC)C(=O)O. The summed E-state index contributed by atoms with van der Waals surface area (Å²) in [5, 5.41) is 8.78. The van der Waals surface area contributed by atoms with Crippen LogP contribution in [-0.2, 0) is 9.53 Å². The molecule has 0 fully saturated rings. The fraction of sp³-hybridized carbons (Fsp3) is 0.929. The van der Waals surface area contributed by atoms with E-state index in [0.29, 0.717) is 5.75 Å². The van der Waals surface area contributed by atoms with Gasteiger partial charge in [-0.05, 0) is 12.2 Å². The summed E-state index contributed by atoms with van der Waals surface area (Å²) >= 11 is 1.68. The minimum Gasteiger partial charge on any atom is -0.479 e. The van der Waals surface area contributed by atoms with Gasteiger partial charge in [0.2, 0.25) is 0 Å². The molecule has 3 nitrogen and oxygen atoms in total. The molecule has 0 aliphatic carbocycles. The number of thioether (sulfide) groups is 1. The minimum atomic E-state index is -0.860. The van der Waals surface area contributed by atoms with Crippen molar-refractivity contribution in [3.8, 4) is 0 Å². The third-order valence-electron chi connectivity index (χ3n) is 2.97. The molecule has 4 heteroatoms. The van der Waals surface area contributed by atoms with Crippen molar-refractivity contribution in [3.05, 3.63) is 0 Å². The summed E-state index contributed by atoms with van der Waals surface area (Å²) in [4.78, 5) is 10.7. The number of hydrogen-bond acceptors (Lipinski definition) is 3. The van der Waals surface area contributed by atoms with Gasteiger partial charge in [0.05, 0.1) is 0 Å². The number of carbonyl (C=O) groups is 1. The van der Waals surface area contributed by atoms with Crippen LogP contribution in [-0.4, -0.2) is 35.8 Å². The molecule has 18 heavy (non-hydrogen) atoms. The van der Waals surface area contributed by atoms with Crippen LogP contribution in [0.1, 0.15) is 58.3 Å². The molecule has 108 valence electrons. The molecule has 1 N–H and O–H groups in total. The summed E-state index contributed by atoms with van der Waals surface area (Å²) < 4.78 is 4.87. The van der Waals surface area contributed by atoms with Crippen LogP contribution in [0.5, 0.6) is 0 Å². The van der Waals surface area contributed by atoms with E-state index in [1.165, 1.54) is 58.5 Å².